The van der Waals surface area contributed by atoms with E-state index in [0.29, 0.717) is 17.5 Å². The zero-order valence-corrected chi connectivity index (χ0v) is 27.2. The highest BCUT2D eigenvalue weighted by atomic mass is 15.0. The maximum absolute atomic E-state index is 5.32. The fraction of sp³-hybridized carbons (Fsp3) is 0.0426. The van der Waals surface area contributed by atoms with Crippen LogP contribution in [0.2, 0.25) is 0 Å². The molecule has 3 heteroatoms. The van der Waals surface area contributed by atoms with Crippen molar-refractivity contribution in [3.63, 3.8) is 0 Å². The molecule has 2 unspecified atom stereocenters. The third-order valence-corrected chi connectivity index (χ3v) is 10.3. The van der Waals surface area contributed by atoms with Crippen LogP contribution in [0.1, 0.15) is 22.9 Å². The monoisotopic (exact) mass is 637 g/mol. The van der Waals surface area contributed by atoms with Crippen LogP contribution in [0.3, 0.4) is 0 Å². The lowest BCUT2D eigenvalue weighted by atomic mass is 9.72. The summed E-state index contributed by atoms with van der Waals surface area (Å²) in [5.74, 6) is 2.41. The number of allylic oxidation sites excluding steroid dienone is 5. The highest BCUT2D eigenvalue weighted by Gasteiger charge is 2.32. The number of benzene rings is 7. The molecule has 2 aliphatic carbocycles. The van der Waals surface area contributed by atoms with Crippen molar-refractivity contribution in [1.29, 1.82) is 0 Å². The standard InChI is InChI=1S/C47H31N3/c1-2-12-33-27-34(26-23-30(33)11-1)31-21-24-32(25-22-31)45-48-46(43-28-35-13-3-5-15-37(35)39-17-7-9-19-41(39)43)50-47(49-45)44-29-36-14-4-6-16-38(36)40-18-8-10-20-42(40)44/h1-29,39,41H. The highest BCUT2D eigenvalue weighted by molar-refractivity contribution is 6.13. The van der Waals surface area contributed by atoms with Gasteiger partial charge in [0, 0.05) is 28.5 Å². The van der Waals surface area contributed by atoms with Gasteiger partial charge < -0.3 is 0 Å². The Balaban J connectivity index is 1.17. The molecule has 7 aromatic carbocycles. The molecule has 0 N–H and O–H groups in total. The number of nitrogens with zero attached hydrogens (tertiary/aromatic N) is 3. The number of hydrogen-bond acceptors (Lipinski definition) is 3. The van der Waals surface area contributed by atoms with Crippen LogP contribution >= 0.6 is 0 Å². The SMILES string of the molecule is C1=CC2C(c3nc(-c4ccc(-c5ccc6ccccc6c5)cc4)nc(-c4cc5ccccc5c5ccccc45)n3)=Cc3ccccc3C2C=C1. The van der Waals surface area contributed by atoms with Crippen LogP contribution in [0.5, 0.6) is 0 Å². The van der Waals surface area contributed by atoms with E-state index >= 15 is 0 Å². The van der Waals surface area contributed by atoms with Gasteiger partial charge in [-0.05, 0) is 72.8 Å². The van der Waals surface area contributed by atoms with Gasteiger partial charge in [-0.3, -0.25) is 0 Å². The maximum atomic E-state index is 5.32. The molecule has 8 aromatic rings. The first-order valence-corrected chi connectivity index (χ1v) is 17.2. The lowest BCUT2D eigenvalue weighted by Crippen LogP contribution is -2.19. The number of aromatic nitrogens is 3. The Bertz CT molecular complexity index is 2720. The minimum absolute atomic E-state index is 0.127. The van der Waals surface area contributed by atoms with E-state index in [2.05, 4.69) is 176 Å². The summed E-state index contributed by atoms with van der Waals surface area (Å²) < 4.78 is 0. The second-order valence-electron chi connectivity index (χ2n) is 13.2. The van der Waals surface area contributed by atoms with Gasteiger partial charge in [-0.1, -0.05) is 158 Å². The molecule has 0 amide bonds. The van der Waals surface area contributed by atoms with Crippen LogP contribution in [0.4, 0.5) is 0 Å². The average Bonchev–Trinajstić information content (AvgIpc) is 3.20. The van der Waals surface area contributed by atoms with E-state index in [1.54, 1.807) is 0 Å². The molecule has 0 spiro atoms. The van der Waals surface area contributed by atoms with Gasteiger partial charge in [0.2, 0.25) is 0 Å². The zero-order valence-electron chi connectivity index (χ0n) is 27.2. The third-order valence-electron chi connectivity index (χ3n) is 10.3. The fourth-order valence-electron chi connectivity index (χ4n) is 7.80. The molecule has 3 nitrogen and oxygen atoms in total. The molecule has 10 rings (SSSR count). The second-order valence-corrected chi connectivity index (χ2v) is 13.2. The number of fused-ring (bicyclic) bond motifs is 7. The van der Waals surface area contributed by atoms with Crippen molar-refractivity contribution in [2.24, 2.45) is 5.92 Å². The van der Waals surface area contributed by atoms with Crippen LogP contribution in [0, 0.1) is 5.92 Å². The molecule has 2 atom stereocenters. The summed E-state index contributed by atoms with van der Waals surface area (Å²) in [7, 11) is 0. The van der Waals surface area contributed by atoms with Crippen molar-refractivity contribution in [1.82, 2.24) is 15.0 Å². The largest absolute Gasteiger partial charge is 0.208 e. The van der Waals surface area contributed by atoms with Crippen LogP contribution in [0.25, 0.3) is 77.9 Å². The van der Waals surface area contributed by atoms with Crippen molar-refractivity contribution in [3.05, 3.63) is 187 Å². The van der Waals surface area contributed by atoms with Gasteiger partial charge in [0.25, 0.3) is 0 Å². The average molecular weight is 638 g/mol. The summed E-state index contributed by atoms with van der Waals surface area (Å²) in [5, 5.41) is 7.17. The first-order valence-electron chi connectivity index (χ1n) is 17.2. The van der Waals surface area contributed by atoms with Gasteiger partial charge in [0.15, 0.2) is 17.5 Å². The summed E-state index contributed by atoms with van der Waals surface area (Å²) in [6.45, 7) is 0. The van der Waals surface area contributed by atoms with Crippen molar-refractivity contribution < 1.29 is 0 Å². The van der Waals surface area contributed by atoms with Gasteiger partial charge in [0.05, 0.1) is 0 Å². The van der Waals surface area contributed by atoms with Gasteiger partial charge in [-0.25, -0.2) is 15.0 Å². The van der Waals surface area contributed by atoms with E-state index < -0.39 is 0 Å². The molecule has 234 valence electrons. The highest BCUT2D eigenvalue weighted by Crippen LogP contribution is 2.45. The molecular weight excluding hydrogens is 607 g/mol. The molecule has 0 saturated heterocycles. The van der Waals surface area contributed by atoms with E-state index in [0.717, 1.165) is 33.0 Å². The fourth-order valence-corrected chi connectivity index (χ4v) is 7.80. The number of rotatable bonds is 4. The van der Waals surface area contributed by atoms with E-state index in [4.69, 9.17) is 15.0 Å². The number of hydrogen-bond donors (Lipinski definition) is 0. The van der Waals surface area contributed by atoms with Crippen molar-refractivity contribution >= 4 is 44.0 Å². The van der Waals surface area contributed by atoms with Crippen molar-refractivity contribution in [2.75, 3.05) is 0 Å². The molecule has 2 aliphatic rings. The lowest BCUT2D eigenvalue weighted by Gasteiger charge is -2.32. The summed E-state index contributed by atoms with van der Waals surface area (Å²) in [6.07, 6.45) is 11.2. The first kappa shape index (κ1) is 28.6. The van der Waals surface area contributed by atoms with Crippen molar-refractivity contribution in [2.45, 2.75) is 5.92 Å². The molecule has 0 fully saturated rings. The lowest BCUT2D eigenvalue weighted by molar-refractivity contribution is 0.702. The van der Waals surface area contributed by atoms with Gasteiger partial charge in [-0.2, -0.15) is 0 Å². The van der Waals surface area contributed by atoms with E-state index in [1.807, 2.05) is 0 Å². The minimum atomic E-state index is 0.127. The Morgan fingerprint density at radius 2 is 1.02 bits per heavy atom. The molecule has 1 aromatic heterocycles. The summed E-state index contributed by atoms with van der Waals surface area (Å²) >= 11 is 0. The molecule has 50 heavy (non-hydrogen) atoms. The first-order chi connectivity index (χ1) is 24.8. The molecule has 0 aliphatic heterocycles. The Morgan fingerprint density at radius 1 is 0.400 bits per heavy atom. The van der Waals surface area contributed by atoms with E-state index in [9.17, 15) is 0 Å². The molecule has 0 bridgehead atoms. The predicted octanol–water partition coefficient (Wildman–Crippen LogP) is 11.7. The third kappa shape index (κ3) is 4.78. The molecular formula is C47H31N3. The van der Waals surface area contributed by atoms with Crippen LogP contribution in [-0.4, -0.2) is 15.0 Å². The maximum Gasteiger partial charge on any atom is 0.164 e. The summed E-state index contributed by atoms with van der Waals surface area (Å²) in [6, 6.07) is 51.8. The molecule has 0 saturated carbocycles. The summed E-state index contributed by atoms with van der Waals surface area (Å²) in [4.78, 5) is 15.8. The molecule has 1 heterocycles. The predicted molar refractivity (Wildman–Crippen MR) is 207 cm³/mol. The van der Waals surface area contributed by atoms with Crippen LogP contribution < -0.4 is 0 Å². The van der Waals surface area contributed by atoms with Crippen LogP contribution in [-0.2, 0) is 0 Å². The zero-order chi connectivity index (χ0) is 33.0. The second kappa shape index (κ2) is 11.6. The van der Waals surface area contributed by atoms with E-state index in [1.165, 1.54) is 38.2 Å². The Labute approximate surface area is 290 Å². The van der Waals surface area contributed by atoms with Gasteiger partial charge in [0.1, 0.15) is 0 Å². The van der Waals surface area contributed by atoms with Crippen LogP contribution in [0.15, 0.2) is 170 Å². The molecule has 0 radical (unpaired) electrons. The van der Waals surface area contributed by atoms with Gasteiger partial charge >= 0.3 is 0 Å². The summed E-state index contributed by atoms with van der Waals surface area (Å²) in [5.41, 5.74) is 7.95. The Morgan fingerprint density at radius 3 is 1.88 bits per heavy atom. The Kier molecular flexibility index (Phi) is 6.63. The normalized spacial score (nSPS) is 16.4. The minimum Gasteiger partial charge on any atom is -0.208 e. The Hall–Kier alpha value is -6.45. The smallest absolute Gasteiger partial charge is 0.164 e. The van der Waals surface area contributed by atoms with E-state index in [-0.39, 0.29) is 11.8 Å². The quantitative estimate of drug-likeness (QED) is 0.180. The van der Waals surface area contributed by atoms with Gasteiger partial charge in [-0.15, -0.1) is 0 Å². The topological polar surface area (TPSA) is 38.7 Å². The van der Waals surface area contributed by atoms with Crippen molar-refractivity contribution in [3.8, 4) is 33.9 Å².